The first kappa shape index (κ1) is 15.3. The first-order valence-electron chi connectivity index (χ1n) is 6.42. The van der Waals surface area contributed by atoms with Crippen molar-refractivity contribution in [3.63, 3.8) is 0 Å². The second kappa shape index (κ2) is 6.11. The fourth-order valence-corrected chi connectivity index (χ4v) is 3.64. The Kier molecular flexibility index (Phi) is 4.67. The van der Waals surface area contributed by atoms with E-state index in [1.54, 1.807) is 17.0 Å². The van der Waals surface area contributed by atoms with Crippen LogP contribution in [0, 0.1) is 0 Å². The summed E-state index contributed by atoms with van der Waals surface area (Å²) >= 11 is 5.75. The molecular formula is C13H17ClN2O3S. The lowest BCUT2D eigenvalue weighted by atomic mass is 10.1. The van der Waals surface area contributed by atoms with Gasteiger partial charge < -0.3 is 4.90 Å². The number of benzene rings is 1. The molecule has 1 N–H and O–H groups in total. The number of hydrogen-bond acceptors (Lipinski definition) is 3. The van der Waals surface area contributed by atoms with Gasteiger partial charge in [-0.05, 0) is 37.1 Å². The number of amides is 1. The molecule has 0 saturated carbocycles. The van der Waals surface area contributed by atoms with Crippen molar-refractivity contribution in [2.45, 2.75) is 30.7 Å². The summed E-state index contributed by atoms with van der Waals surface area (Å²) in [4.78, 5) is 13.2. The van der Waals surface area contributed by atoms with Gasteiger partial charge >= 0.3 is 0 Å². The zero-order valence-corrected chi connectivity index (χ0v) is 12.7. The minimum Gasteiger partial charge on any atom is -0.343 e. The van der Waals surface area contributed by atoms with Gasteiger partial charge in [0.1, 0.15) is 0 Å². The van der Waals surface area contributed by atoms with Crippen LogP contribution in [0.4, 0.5) is 0 Å². The number of halogens is 1. The first-order chi connectivity index (χ1) is 9.38. The number of sulfonamides is 1. The highest BCUT2D eigenvalue weighted by Gasteiger charge is 2.25. The maximum Gasteiger partial charge on any atom is 0.240 e. The van der Waals surface area contributed by atoms with Crippen LogP contribution >= 0.6 is 11.6 Å². The van der Waals surface area contributed by atoms with Crippen LogP contribution < -0.4 is 4.72 Å². The number of carbonyl (C=O) groups is 1. The van der Waals surface area contributed by atoms with Crippen LogP contribution in [0.5, 0.6) is 0 Å². The van der Waals surface area contributed by atoms with Gasteiger partial charge in [0.15, 0.2) is 0 Å². The molecule has 1 aromatic rings. The molecular weight excluding hydrogens is 300 g/mol. The van der Waals surface area contributed by atoms with Crippen molar-refractivity contribution in [1.29, 1.82) is 0 Å². The number of likely N-dealkylation sites (tertiary alicyclic amines) is 1. The molecule has 0 aliphatic carbocycles. The summed E-state index contributed by atoms with van der Waals surface area (Å²) in [6.45, 7) is 2.70. The van der Waals surface area contributed by atoms with Crippen molar-refractivity contribution in [2.75, 3.05) is 13.1 Å². The minimum atomic E-state index is -3.53. The molecule has 0 aromatic heterocycles. The first-order valence-corrected chi connectivity index (χ1v) is 8.28. The van der Waals surface area contributed by atoms with Gasteiger partial charge in [-0.3, -0.25) is 4.79 Å². The maximum atomic E-state index is 12.2. The van der Waals surface area contributed by atoms with E-state index in [1.807, 2.05) is 0 Å². The van der Waals surface area contributed by atoms with E-state index in [9.17, 15) is 13.2 Å². The van der Waals surface area contributed by atoms with E-state index in [4.69, 9.17) is 11.6 Å². The van der Waals surface area contributed by atoms with Gasteiger partial charge in [0, 0.05) is 31.1 Å². The second-order valence-electron chi connectivity index (χ2n) is 4.86. The number of nitrogens with one attached hydrogen (secondary N) is 1. The molecule has 1 aliphatic heterocycles. The predicted octanol–water partition coefficient (Wildman–Crippen LogP) is 1.63. The van der Waals surface area contributed by atoms with Crippen molar-refractivity contribution in [2.24, 2.45) is 0 Å². The molecule has 1 amide bonds. The highest BCUT2D eigenvalue weighted by Crippen LogP contribution is 2.17. The van der Waals surface area contributed by atoms with E-state index in [0.717, 1.165) is 0 Å². The Bertz CT molecular complexity index is 578. The molecule has 20 heavy (non-hydrogen) atoms. The Morgan fingerprint density at radius 3 is 2.30 bits per heavy atom. The van der Waals surface area contributed by atoms with E-state index in [2.05, 4.69) is 4.72 Å². The van der Waals surface area contributed by atoms with Gasteiger partial charge in [-0.1, -0.05) is 11.6 Å². The Morgan fingerprint density at radius 2 is 1.80 bits per heavy atom. The number of nitrogens with zero attached hydrogens (tertiary/aromatic N) is 1. The van der Waals surface area contributed by atoms with E-state index in [-0.39, 0.29) is 16.8 Å². The molecule has 1 fully saturated rings. The lowest BCUT2D eigenvalue weighted by Crippen LogP contribution is -2.45. The van der Waals surface area contributed by atoms with Crippen molar-refractivity contribution < 1.29 is 13.2 Å². The average Bonchev–Trinajstić information content (AvgIpc) is 2.39. The zero-order chi connectivity index (χ0) is 14.8. The SMILES string of the molecule is CC(=O)N1CCC(NS(=O)(=O)c2ccc(Cl)cc2)CC1. The van der Waals surface area contributed by atoms with Crippen LogP contribution in [0.3, 0.4) is 0 Å². The monoisotopic (exact) mass is 316 g/mol. The summed E-state index contributed by atoms with van der Waals surface area (Å²) in [6, 6.07) is 5.93. The molecule has 110 valence electrons. The Balaban J connectivity index is 2.00. The molecule has 1 aromatic carbocycles. The van der Waals surface area contributed by atoms with Crippen LogP contribution in [-0.4, -0.2) is 38.4 Å². The van der Waals surface area contributed by atoms with Gasteiger partial charge in [-0.15, -0.1) is 0 Å². The standard InChI is InChI=1S/C13H17ClN2O3S/c1-10(17)16-8-6-12(7-9-16)15-20(18,19)13-4-2-11(14)3-5-13/h2-5,12,15H,6-9H2,1H3. The van der Waals surface area contributed by atoms with Crippen molar-refractivity contribution in [1.82, 2.24) is 9.62 Å². The summed E-state index contributed by atoms with van der Waals surface area (Å²) in [7, 11) is -3.53. The van der Waals surface area contributed by atoms with Crippen LogP contribution in [0.2, 0.25) is 5.02 Å². The Morgan fingerprint density at radius 1 is 1.25 bits per heavy atom. The Hall–Kier alpha value is -1.11. The number of carbonyl (C=O) groups excluding carboxylic acids is 1. The highest BCUT2D eigenvalue weighted by atomic mass is 35.5. The van der Waals surface area contributed by atoms with Crippen molar-refractivity contribution >= 4 is 27.5 Å². The van der Waals surface area contributed by atoms with Gasteiger partial charge in [0.2, 0.25) is 15.9 Å². The topological polar surface area (TPSA) is 66.5 Å². The van der Waals surface area contributed by atoms with Gasteiger partial charge in [0.25, 0.3) is 0 Å². The lowest BCUT2D eigenvalue weighted by Gasteiger charge is -2.31. The molecule has 0 unspecified atom stereocenters. The number of hydrogen-bond donors (Lipinski definition) is 1. The van der Waals surface area contributed by atoms with Gasteiger partial charge in [-0.2, -0.15) is 0 Å². The average molecular weight is 317 g/mol. The highest BCUT2D eigenvalue weighted by molar-refractivity contribution is 7.89. The third-order valence-electron chi connectivity index (χ3n) is 3.39. The quantitative estimate of drug-likeness (QED) is 0.921. The van der Waals surface area contributed by atoms with E-state index in [0.29, 0.717) is 31.0 Å². The predicted molar refractivity (Wildman–Crippen MR) is 77.0 cm³/mol. The zero-order valence-electron chi connectivity index (χ0n) is 11.2. The van der Waals surface area contributed by atoms with Gasteiger partial charge in [0.05, 0.1) is 4.90 Å². The Labute approximate surface area is 124 Å². The fourth-order valence-electron chi connectivity index (χ4n) is 2.21. The van der Waals surface area contributed by atoms with Crippen LogP contribution in [0.1, 0.15) is 19.8 Å². The molecule has 2 rings (SSSR count). The molecule has 0 atom stereocenters. The molecule has 1 saturated heterocycles. The molecule has 0 bridgehead atoms. The molecule has 0 spiro atoms. The summed E-state index contributed by atoms with van der Waals surface area (Å²) in [5.74, 6) is 0.0315. The molecule has 7 heteroatoms. The summed E-state index contributed by atoms with van der Waals surface area (Å²) in [6.07, 6.45) is 1.26. The van der Waals surface area contributed by atoms with Crippen molar-refractivity contribution in [3.05, 3.63) is 29.3 Å². The van der Waals surface area contributed by atoms with Crippen molar-refractivity contribution in [3.8, 4) is 0 Å². The van der Waals surface area contributed by atoms with Crippen LogP contribution in [0.15, 0.2) is 29.2 Å². The summed E-state index contributed by atoms with van der Waals surface area (Å²) < 4.78 is 27.1. The van der Waals surface area contributed by atoms with E-state index < -0.39 is 10.0 Å². The smallest absolute Gasteiger partial charge is 0.240 e. The largest absolute Gasteiger partial charge is 0.343 e. The van der Waals surface area contributed by atoms with E-state index in [1.165, 1.54) is 19.1 Å². The van der Waals surface area contributed by atoms with Crippen LogP contribution in [0.25, 0.3) is 0 Å². The summed E-state index contributed by atoms with van der Waals surface area (Å²) in [5, 5.41) is 0.499. The number of rotatable bonds is 3. The van der Waals surface area contributed by atoms with E-state index >= 15 is 0 Å². The molecule has 1 heterocycles. The molecule has 5 nitrogen and oxygen atoms in total. The molecule has 1 aliphatic rings. The van der Waals surface area contributed by atoms with Gasteiger partial charge in [-0.25, -0.2) is 13.1 Å². The van der Waals surface area contributed by atoms with Crippen LogP contribution in [-0.2, 0) is 14.8 Å². The summed E-state index contributed by atoms with van der Waals surface area (Å²) in [5.41, 5.74) is 0. The number of piperidine rings is 1. The third kappa shape index (κ3) is 3.71. The lowest BCUT2D eigenvalue weighted by molar-refractivity contribution is -0.129. The molecule has 0 radical (unpaired) electrons. The minimum absolute atomic E-state index is 0.0315. The maximum absolute atomic E-state index is 12.2. The normalized spacial score (nSPS) is 17.2. The fraction of sp³-hybridized carbons (Fsp3) is 0.462. The third-order valence-corrected chi connectivity index (χ3v) is 5.17. The second-order valence-corrected chi connectivity index (χ2v) is 7.01.